The number of nitrogens with one attached hydrogen (secondary N) is 1. The van der Waals surface area contributed by atoms with Gasteiger partial charge in [0.1, 0.15) is 0 Å². The Morgan fingerprint density at radius 3 is 2.69 bits per heavy atom. The molecule has 16 heavy (non-hydrogen) atoms. The van der Waals surface area contributed by atoms with E-state index in [1.54, 1.807) is 19.0 Å². The second-order valence-corrected chi connectivity index (χ2v) is 4.93. The Bertz CT molecular complexity index is 557. The van der Waals surface area contributed by atoms with Gasteiger partial charge in [0, 0.05) is 35.2 Å². The maximum Gasteiger partial charge on any atom is 0.255 e. The SMILES string of the molecule is Cc1[nH]c2ccc(Br)cc2c1C(=O)N(C)C. The van der Waals surface area contributed by atoms with E-state index < -0.39 is 0 Å². The van der Waals surface area contributed by atoms with Crippen LogP contribution in [0.25, 0.3) is 10.9 Å². The fraction of sp³-hybridized carbons (Fsp3) is 0.250. The molecule has 0 atom stereocenters. The average molecular weight is 281 g/mol. The summed E-state index contributed by atoms with van der Waals surface area (Å²) in [5.41, 5.74) is 2.65. The number of aryl methyl sites for hydroxylation is 1. The lowest BCUT2D eigenvalue weighted by Crippen LogP contribution is -2.22. The molecular formula is C12H13BrN2O. The summed E-state index contributed by atoms with van der Waals surface area (Å²) >= 11 is 3.42. The first-order valence-corrected chi connectivity index (χ1v) is 5.79. The number of nitrogens with zero attached hydrogens (tertiary/aromatic N) is 1. The van der Waals surface area contributed by atoms with Gasteiger partial charge in [-0.25, -0.2) is 0 Å². The van der Waals surface area contributed by atoms with Crippen molar-refractivity contribution in [3.8, 4) is 0 Å². The third kappa shape index (κ3) is 1.73. The van der Waals surface area contributed by atoms with Crippen LogP contribution in [0, 0.1) is 6.92 Å². The molecule has 84 valence electrons. The van der Waals surface area contributed by atoms with E-state index in [0.717, 1.165) is 26.6 Å². The number of amides is 1. The molecule has 0 fully saturated rings. The average Bonchev–Trinajstić information content (AvgIpc) is 2.52. The lowest BCUT2D eigenvalue weighted by Gasteiger charge is -2.10. The van der Waals surface area contributed by atoms with Gasteiger partial charge in [0.2, 0.25) is 0 Å². The summed E-state index contributed by atoms with van der Waals surface area (Å²) in [6.07, 6.45) is 0. The van der Waals surface area contributed by atoms with Gasteiger partial charge in [0.15, 0.2) is 0 Å². The number of carbonyl (C=O) groups excluding carboxylic acids is 1. The minimum absolute atomic E-state index is 0.0295. The van der Waals surface area contributed by atoms with Crippen LogP contribution in [0.3, 0.4) is 0 Å². The number of halogens is 1. The molecule has 0 aliphatic rings. The van der Waals surface area contributed by atoms with E-state index in [0.29, 0.717) is 0 Å². The van der Waals surface area contributed by atoms with Crippen LogP contribution >= 0.6 is 15.9 Å². The maximum atomic E-state index is 12.0. The second kappa shape index (κ2) is 3.94. The monoisotopic (exact) mass is 280 g/mol. The Hall–Kier alpha value is -1.29. The van der Waals surface area contributed by atoms with Gasteiger partial charge in [-0.3, -0.25) is 4.79 Å². The Morgan fingerprint density at radius 1 is 1.38 bits per heavy atom. The summed E-state index contributed by atoms with van der Waals surface area (Å²) in [6.45, 7) is 1.92. The molecule has 1 amide bonds. The molecule has 1 heterocycles. The second-order valence-electron chi connectivity index (χ2n) is 4.01. The zero-order valence-corrected chi connectivity index (χ0v) is 11.1. The quantitative estimate of drug-likeness (QED) is 0.857. The summed E-state index contributed by atoms with van der Waals surface area (Å²) in [7, 11) is 3.52. The van der Waals surface area contributed by atoms with Gasteiger partial charge < -0.3 is 9.88 Å². The highest BCUT2D eigenvalue weighted by Gasteiger charge is 2.17. The number of aromatic amines is 1. The molecule has 0 saturated carbocycles. The van der Waals surface area contributed by atoms with Crippen LogP contribution < -0.4 is 0 Å². The number of hydrogen-bond donors (Lipinski definition) is 1. The standard InChI is InChI=1S/C12H13BrN2O/c1-7-11(12(16)15(2)3)9-6-8(13)4-5-10(9)14-7/h4-6,14H,1-3H3. The van der Waals surface area contributed by atoms with Gasteiger partial charge in [0.05, 0.1) is 5.56 Å². The van der Waals surface area contributed by atoms with Gasteiger partial charge in [-0.1, -0.05) is 15.9 Å². The van der Waals surface area contributed by atoms with Gasteiger partial charge in [-0.05, 0) is 25.1 Å². The summed E-state index contributed by atoms with van der Waals surface area (Å²) < 4.78 is 0.979. The first-order valence-electron chi connectivity index (χ1n) is 5.00. The molecule has 0 radical (unpaired) electrons. The van der Waals surface area contributed by atoms with Crippen molar-refractivity contribution >= 4 is 32.7 Å². The highest BCUT2D eigenvalue weighted by atomic mass is 79.9. The Balaban J connectivity index is 2.72. The minimum atomic E-state index is 0.0295. The van der Waals surface area contributed by atoms with E-state index in [-0.39, 0.29) is 5.91 Å². The van der Waals surface area contributed by atoms with E-state index in [1.165, 1.54) is 0 Å². The highest BCUT2D eigenvalue weighted by Crippen LogP contribution is 2.26. The number of aromatic nitrogens is 1. The Kier molecular flexibility index (Phi) is 2.76. The van der Waals surface area contributed by atoms with Gasteiger partial charge >= 0.3 is 0 Å². The van der Waals surface area contributed by atoms with Crippen molar-refractivity contribution in [2.75, 3.05) is 14.1 Å². The molecule has 0 aliphatic heterocycles. The molecule has 0 aliphatic carbocycles. The minimum Gasteiger partial charge on any atom is -0.358 e. The normalized spacial score (nSPS) is 10.8. The fourth-order valence-electron chi connectivity index (χ4n) is 1.80. The summed E-state index contributed by atoms with van der Waals surface area (Å²) in [4.78, 5) is 16.9. The van der Waals surface area contributed by atoms with Gasteiger partial charge in [0.25, 0.3) is 5.91 Å². The van der Waals surface area contributed by atoms with Crippen LogP contribution in [0.15, 0.2) is 22.7 Å². The fourth-order valence-corrected chi connectivity index (χ4v) is 2.16. The van der Waals surface area contributed by atoms with E-state index >= 15 is 0 Å². The molecule has 4 heteroatoms. The summed E-state index contributed by atoms with van der Waals surface area (Å²) in [6, 6.07) is 5.90. The van der Waals surface area contributed by atoms with E-state index in [1.807, 2.05) is 25.1 Å². The molecule has 3 nitrogen and oxygen atoms in total. The summed E-state index contributed by atoms with van der Waals surface area (Å²) in [5.74, 6) is 0.0295. The number of benzene rings is 1. The van der Waals surface area contributed by atoms with Crippen molar-refractivity contribution in [3.05, 3.63) is 33.9 Å². The van der Waals surface area contributed by atoms with Gasteiger partial charge in [-0.15, -0.1) is 0 Å². The Morgan fingerprint density at radius 2 is 2.06 bits per heavy atom. The molecule has 0 unspecified atom stereocenters. The van der Waals surface area contributed by atoms with Crippen molar-refractivity contribution in [2.45, 2.75) is 6.92 Å². The van der Waals surface area contributed by atoms with Crippen LogP contribution in [0.1, 0.15) is 16.1 Å². The molecule has 2 aromatic rings. The predicted octanol–water partition coefficient (Wildman–Crippen LogP) is 2.94. The molecule has 2 rings (SSSR count). The Labute approximate surface area is 103 Å². The third-order valence-electron chi connectivity index (χ3n) is 2.57. The molecular weight excluding hydrogens is 268 g/mol. The molecule has 0 bridgehead atoms. The van der Waals surface area contributed by atoms with Crippen molar-refractivity contribution in [3.63, 3.8) is 0 Å². The predicted molar refractivity (Wildman–Crippen MR) is 68.8 cm³/mol. The molecule has 1 aromatic heterocycles. The topological polar surface area (TPSA) is 36.1 Å². The number of hydrogen-bond acceptors (Lipinski definition) is 1. The highest BCUT2D eigenvalue weighted by molar-refractivity contribution is 9.10. The molecule has 1 N–H and O–H groups in total. The maximum absolute atomic E-state index is 12.0. The number of rotatable bonds is 1. The van der Waals surface area contributed by atoms with E-state index in [4.69, 9.17) is 0 Å². The van der Waals surface area contributed by atoms with Crippen LogP contribution in [-0.4, -0.2) is 29.9 Å². The van der Waals surface area contributed by atoms with Crippen LogP contribution in [0.4, 0.5) is 0 Å². The van der Waals surface area contributed by atoms with Crippen LogP contribution in [0.5, 0.6) is 0 Å². The van der Waals surface area contributed by atoms with Crippen molar-refractivity contribution < 1.29 is 4.79 Å². The zero-order chi connectivity index (χ0) is 11.9. The van der Waals surface area contributed by atoms with Crippen LogP contribution in [-0.2, 0) is 0 Å². The zero-order valence-electron chi connectivity index (χ0n) is 9.47. The van der Waals surface area contributed by atoms with Crippen LogP contribution in [0.2, 0.25) is 0 Å². The largest absolute Gasteiger partial charge is 0.358 e. The smallest absolute Gasteiger partial charge is 0.255 e. The van der Waals surface area contributed by atoms with Crippen molar-refractivity contribution in [2.24, 2.45) is 0 Å². The number of H-pyrrole nitrogens is 1. The van der Waals surface area contributed by atoms with Crippen molar-refractivity contribution in [1.29, 1.82) is 0 Å². The molecule has 1 aromatic carbocycles. The number of fused-ring (bicyclic) bond motifs is 1. The first-order chi connectivity index (χ1) is 7.50. The van der Waals surface area contributed by atoms with E-state index in [9.17, 15) is 4.79 Å². The lowest BCUT2D eigenvalue weighted by molar-refractivity contribution is 0.0829. The van der Waals surface area contributed by atoms with E-state index in [2.05, 4.69) is 20.9 Å². The van der Waals surface area contributed by atoms with Gasteiger partial charge in [-0.2, -0.15) is 0 Å². The number of carbonyl (C=O) groups is 1. The first kappa shape index (κ1) is 11.2. The molecule has 0 saturated heterocycles. The van der Waals surface area contributed by atoms with Crippen molar-refractivity contribution in [1.82, 2.24) is 9.88 Å². The summed E-state index contributed by atoms with van der Waals surface area (Å²) in [5, 5.41) is 0.963. The lowest BCUT2D eigenvalue weighted by atomic mass is 10.1. The molecule has 0 spiro atoms. The third-order valence-corrected chi connectivity index (χ3v) is 3.06.